The maximum atomic E-state index is 12.0. The number of hydrogen-bond donors (Lipinski definition) is 1. The summed E-state index contributed by atoms with van der Waals surface area (Å²) in [6.07, 6.45) is 8.73. The zero-order chi connectivity index (χ0) is 14.7. The van der Waals surface area contributed by atoms with Gasteiger partial charge in [0.25, 0.3) is 0 Å². The predicted molar refractivity (Wildman–Crippen MR) is 85.2 cm³/mol. The minimum atomic E-state index is 0.0351. The summed E-state index contributed by atoms with van der Waals surface area (Å²) in [5.74, 6) is 0.411. The molecular formula is C16H17N3OS. The van der Waals surface area contributed by atoms with E-state index in [4.69, 9.17) is 0 Å². The van der Waals surface area contributed by atoms with E-state index in [9.17, 15) is 4.79 Å². The van der Waals surface area contributed by atoms with Crippen LogP contribution in [0.4, 0.5) is 5.13 Å². The summed E-state index contributed by atoms with van der Waals surface area (Å²) in [6.45, 7) is 1.94. The maximum Gasteiger partial charge on any atom is 0.226 e. The van der Waals surface area contributed by atoms with Crippen molar-refractivity contribution in [2.24, 2.45) is 5.92 Å². The summed E-state index contributed by atoms with van der Waals surface area (Å²) in [6, 6.07) is 5.79. The van der Waals surface area contributed by atoms with Crippen molar-refractivity contribution in [2.45, 2.75) is 26.2 Å². The molecule has 1 aliphatic rings. The van der Waals surface area contributed by atoms with E-state index in [2.05, 4.69) is 27.4 Å². The quantitative estimate of drug-likeness (QED) is 0.873. The molecule has 0 aromatic carbocycles. The van der Waals surface area contributed by atoms with Crippen LogP contribution < -0.4 is 5.32 Å². The van der Waals surface area contributed by atoms with Gasteiger partial charge in [0.1, 0.15) is 0 Å². The van der Waals surface area contributed by atoms with E-state index in [0.29, 0.717) is 17.5 Å². The fourth-order valence-electron chi connectivity index (χ4n) is 2.46. The molecule has 4 nitrogen and oxygen atoms in total. The molecular weight excluding hydrogens is 282 g/mol. The molecule has 0 unspecified atom stereocenters. The van der Waals surface area contributed by atoms with Gasteiger partial charge in [0.05, 0.1) is 16.3 Å². The monoisotopic (exact) mass is 299 g/mol. The molecule has 108 valence electrons. The number of anilines is 1. The van der Waals surface area contributed by atoms with Crippen LogP contribution in [0, 0.1) is 12.8 Å². The lowest BCUT2D eigenvalue weighted by molar-refractivity contribution is -0.116. The Morgan fingerprint density at radius 1 is 1.48 bits per heavy atom. The van der Waals surface area contributed by atoms with Crippen molar-refractivity contribution in [1.82, 2.24) is 9.97 Å². The molecule has 0 radical (unpaired) electrons. The van der Waals surface area contributed by atoms with Gasteiger partial charge in [-0.05, 0) is 37.8 Å². The molecule has 1 atom stereocenters. The molecule has 0 spiro atoms. The van der Waals surface area contributed by atoms with Crippen LogP contribution in [-0.4, -0.2) is 15.9 Å². The molecule has 2 aromatic rings. The number of thiazole rings is 1. The molecule has 5 heteroatoms. The number of amides is 1. The van der Waals surface area contributed by atoms with Crippen LogP contribution in [0.2, 0.25) is 0 Å². The third-order valence-corrected chi connectivity index (χ3v) is 4.60. The highest BCUT2D eigenvalue weighted by molar-refractivity contribution is 7.19. The number of aromatic nitrogens is 2. The highest BCUT2D eigenvalue weighted by Crippen LogP contribution is 2.31. The normalized spacial score (nSPS) is 17.1. The topological polar surface area (TPSA) is 54.9 Å². The molecule has 1 aliphatic carbocycles. The van der Waals surface area contributed by atoms with Crippen molar-refractivity contribution < 1.29 is 4.79 Å². The van der Waals surface area contributed by atoms with E-state index in [1.165, 1.54) is 11.3 Å². The van der Waals surface area contributed by atoms with Gasteiger partial charge in [0, 0.05) is 12.6 Å². The molecule has 2 aromatic heterocycles. The Bertz CT molecular complexity index is 663. The van der Waals surface area contributed by atoms with Crippen molar-refractivity contribution in [1.29, 1.82) is 0 Å². The minimum Gasteiger partial charge on any atom is -0.302 e. The number of rotatable bonds is 4. The van der Waals surface area contributed by atoms with Crippen molar-refractivity contribution in [2.75, 3.05) is 5.32 Å². The molecule has 0 saturated heterocycles. The number of carbonyl (C=O) groups is 1. The van der Waals surface area contributed by atoms with E-state index in [1.54, 1.807) is 6.20 Å². The zero-order valence-electron chi connectivity index (χ0n) is 11.9. The number of pyridine rings is 1. The molecule has 21 heavy (non-hydrogen) atoms. The number of nitrogens with one attached hydrogen (secondary N) is 1. The number of aryl methyl sites for hydroxylation is 1. The Kier molecular flexibility index (Phi) is 4.10. The van der Waals surface area contributed by atoms with Gasteiger partial charge in [-0.25, -0.2) is 4.98 Å². The second-order valence-electron chi connectivity index (χ2n) is 5.17. The van der Waals surface area contributed by atoms with E-state index in [1.807, 2.05) is 25.1 Å². The van der Waals surface area contributed by atoms with Crippen molar-refractivity contribution in [3.8, 4) is 10.6 Å². The fraction of sp³-hybridized carbons (Fsp3) is 0.312. The number of nitrogens with zero attached hydrogens (tertiary/aromatic N) is 2. The summed E-state index contributed by atoms with van der Waals surface area (Å²) < 4.78 is 0. The summed E-state index contributed by atoms with van der Waals surface area (Å²) in [4.78, 5) is 21.8. The van der Waals surface area contributed by atoms with Crippen LogP contribution in [0.25, 0.3) is 10.6 Å². The number of allylic oxidation sites excluding steroid dienone is 2. The Hall–Kier alpha value is -2.01. The fourth-order valence-corrected chi connectivity index (χ4v) is 3.42. The second-order valence-corrected chi connectivity index (χ2v) is 6.17. The molecule has 2 heterocycles. The summed E-state index contributed by atoms with van der Waals surface area (Å²) >= 11 is 1.48. The SMILES string of the molecule is Cc1nc(NC(=O)C[C@@H]2C=CCC2)sc1-c1ccccn1. The molecule has 0 aliphatic heterocycles. The lowest BCUT2D eigenvalue weighted by Gasteiger charge is -2.06. The van der Waals surface area contributed by atoms with Gasteiger partial charge in [0.15, 0.2) is 5.13 Å². The standard InChI is InChI=1S/C16H17N3OS/c1-11-15(13-8-4-5-9-17-13)21-16(18-11)19-14(20)10-12-6-2-3-7-12/h2,4-6,8-9,12H,3,7,10H2,1H3,(H,18,19,20)/t12-/m1/s1. The smallest absolute Gasteiger partial charge is 0.226 e. The molecule has 0 saturated carbocycles. The molecule has 0 fully saturated rings. The van der Waals surface area contributed by atoms with Gasteiger partial charge in [0.2, 0.25) is 5.91 Å². The van der Waals surface area contributed by atoms with Gasteiger partial charge in [-0.2, -0.15) is 0 Å². The van der Waals surface area contributed by atoms with Crippen LogP contribution in [0.15, 0.2) is 36.5 Å². The van der Waals surface area contributed by atoms with Crippen molar-refractivity contribution in [3.63, 3.8) is 0 Å². The van der Waals surface area contributed by atoms with Crippen molar-refractivity contribution in [3.05, 3.63) is 42.2 Å². The Morgan fingerprint density at radius 2 is 2.38 bits per heavy atom. The van der Waals surface area contributed by atoms with Crippen molar-refractivity contribution >= 4 is 22.4 Å². The van der Waals surface area contributed by atoms with Gasteiger partial charge >= 0.3 is 0 Å². The second kappa shape index (κ2) is 6.18. The van der Waals surface area contributed by atoms with Gasteiger partial charge < -0.3 is 5.32 Å². The van der Waals surface area contributed by atoms with E-state index >= 15 is 0 Å². The summed E-state index contributed by atoms with van der Waals surface area (Å²) in [5, 5.41) is 3.56. The summed E-state index contributed by atoms with van der Waals surface area (Å²) in [7, 11) is 0. The largest absolute Gasteiger partial charge is 0.302 e. The highest BCUT2D eigenvalue weighted by Gasteiger charge is 2.16. The molecule has 1 amide bonds. The van der Waals surface area contributed by atoms with Gasteiger partial charge in [-0.3, -0.25) is 9.78 Å². The van der Waals surface area contributed by atoms with E-state index in [0.717, 1.165) is 29.1 Å². The van der Waals surface area contributed by atoms with Crippen LogP contribution in [0.1, 0.15) is 25.0 Å². The van der Waals surface area contributed by atoms with Crippen LogP contribution in [-0.2, 0) is 4.79 Å². The lowest BCUT2D eigenvalue weighted by Crippen LogP contribution is -2.14. The third-order valence-electron chi connectivity index (χ3n) is 3.50. The lowest BCUT2D eigenvalue weighted by atomic mass is 10.1. The Labute approximate surface area is 128 Å². The van der Waals surface area contributed by atoms with E-state index in [-0.39, 0.29) is 5.91 Å². The Balaban J connectivity index is 1.69. The van der Waals surface area contributed by atoms with Crippen LogP contribution in [0.5, 0.6) is 0 Å². The minimum absolute atomic E-state index is 0.0351. The van der Waals surface area contributed by atoms with Gasteiger partial charge in [-0.15, -0.1) is 0 Å². The highest BCUT2D eigenvalue weighted by atomic mass is 32.1. The third kappa shape index (κ3) is 3.36. The number of hydrogen-bond acceptors (Lipinski definition) is 4. The maximum absolute atomic E-state index is 12.0. The summed E-state index contributed by atoms with van der Waals surface area (Å²) in [5.41, 5.74) is 1.79. The molecule has 0 bridgehead atoms. The molecule has 3 rings (SSSR count). The van der Waals surface area contributed by atoms with Crippen LogP contribution >= 0.6 is 11.3 Å². The zero-order valence-corrected chi connectivity index (χ0v) is 12.7. The Morgan fingerprint density at radius 3 is 3.10 bits per heavy atom. The van der Waals surface area contributed by atoms with Gasteiger partial charge in [-0.1, -0.05) is 29.6 Å². The first-order valence-corrected chi connectivity index (χ1v) is 7.89. The predicted octanol–water partition coefficient (Wildman–Crippen LogP) is 3.81. The number of carbonyl (C=O) groups excluding carboxylic acids is 1. The average Bonchev–Trinajstić information content (AvgIpc) is 3.09. The first-order chi connectivity index (χ1) is 10.2. The average molecular weight is 299 g/mol. The van der Waals surface area contributed by atoms with Crippen LogP contribution in [0.3, 0.4) is 0 Å². The first-order valence-electron chi connectivity index (χ1n) is 7.08. The van der Waals surface area contributed by atoms with E-state index < -0.39 is 0 Å². The molecule has 1 N–H and O–H groups in total. The first kappa shape index (κ1) is 13.9.